The Morgan fingerprint density at radius 3 is 2.49 bits per heavy atom. The summed E-state index contributed by atoms with van der Waals surface area (Å²) in [4.78, 5) is 17.9. The van der Waals surface area contributed by atoms with Crippen LogP contribution in [0.25, 0.3) is 11.1 Å². The van der Waals surface area contributed by atoms with Crippen molar-refractivity contribution in [1.29, 1.82) is 0 Å². The number of aliphatic hydroxyl groups is 1. The molecule has 0 aliphatic carbocycles. The molecule has 5 aromatic rings. The molecule has 3 aromatic carbocycles. The molecule has 11 heteroatoms. The Hall–Kier alpha value is -4.48. The smallest absolute Gasteiger partial charge is 0.142 e. The summed E-state index contributed by atoms with van der Waals surface area (Å²) in [6.07, 6.45) is 10.1. The lowest BCUT2D eigenvalue weighted by molar-refractivity contribution is 0.173. The average molecular weight is 683 g/mol. The third kappa shape index (κ3) is 9.16. The number of H-pyrrole nitrogens is 1. The first kappa shape index (κ1) is 34.4. The maximum absolute atomic E-state index is 9.78. The summed E-state index contributed by atoms with van der Waals surface area (Å²) in [7, 11) is 0. The molecule has 1 aliphatic heterocycles. The molecule has 1 saturated heterocycles. The van der Waals surface area contributed by atoms with Crippen LogP contribution >= 0.6 is 11.6 Å². The highest BCUT2D eigenvalue weighted by molar-refractivity contribution is 6.32. The van der Waals surface area contributed by atoms with E-state index in [1.165, 1.54) is 6.33 Å². The second kappa shape index (κ2) is 16.8. The number of ether oxygens (including phenoxy) is 3. The van der Waals surface area contributed by atoms with Crippen molar-refractivity contribution in [1.82, 2.24) is 30.2 Å². The third-order valence-corrected chi connectivity index (χ3v) is 9.11. The number of nitrogens with one attached hydrogen (secondary N) is 2. The number of nitrogens with zero attached hydrogens (tertiary/aromatic N) is 4. The number of hydrogen-bond acceptors (Lipinski definition) is 9. The van der Waals surface area contributed by atoms with Crippen LogP contribution in [0.5, 0.6) is 17.2 Å². The van der Waals surface area contributed by atoms with E-state index in [1.54, 1.807) is 24.8 Å². The highest BCUT2D eigenvalue weighted by Crippen LogP contribution is 2.36. The molecule has 0 amide bonds. The minimum atomic E-state index is -0.194. The van der Waals surface area contributed by atoms with Crippen LogP contribution in [0.1, 0.15) is 46.5 Å². The van der Waals surface area contributed by atoms with Crippen molar-refractivity contribution in [3.05, 3.63) is 118 Å². The Morgan fingerprint density at radius 2 is 1.71 bits per heavy atom. The van der Waals surface area contributed by atoms with Gasteiger partial charge in [-0.1, -0.05) is 41.9 Å². The Morgan fingerprint density at radius 1 is 0.918 bits per heavy atom. The van der Waals surface area contributed by atoms with Crippen LogP contribution in [0.3, 0.4) is 0 Å². The van der Waals surface area contributed by atoms with Crippen molar-refractivity contribution in [3.63, 3.8) is 0 Å². The minimum Gasteiger partial charge on any atom is -0.493 e. The number of benzene rings is 3. The van der Waals surface area contributed by atoms with Crippen LogP contribution in [0.2, 0.25) is 5.02 Å². The maximum atomic E-state index is 9.78. The molecule has 0 bridgehead atoms. The minimum absolute atomic E-state index is 0.194. The van der Waals surface area contributed by atoms with Gasteiger partial charge < -0.3 is 34.5 Å². The molecule has 10 nitrogen and oxygen atoms in total. The molecule has 1 atom stereocenters. The van der Waals surface area contributed by atoms with Crippen molar-refractivity contribution in [3.8, 4) is 28.4 Å². The fraction of sp³-hybridized carbons (Fsp3) is 0.342. The number of aromatic nitrogens is 4. The number of hydrogen-bond donors (Lipinski definition) is 3. The molecule has 0 saturated carbocycles. The number of β-amino-alcohol motifs (C(OH)–C–C–N with tert-alkyl or cyclic N) is 1. The van der Waals surface area contributed by atoms with Crippen molar-refractivity contribution in [2.45, 2.75) is 59.1 Å². The fourth-order valence-corrected chi connectivity index (χ4v) is 6.31. The Labute approximate surface area is 292 Å². The lowest BCUT2D eigenvalue weighted by Crippen LogP contribution is -2.24. The average Bonchev–Trinajstić information content (AvgIpc) is 3.79. The molecule has 0 unspecified atom stereocenters. The van der Waals surface area contributed by atoms with E-state index in [2.05, 4.69) is 68.3 Å². The predicted octanol–water partition coefficient (Wildman–Crippen LogP) is 6.42. The third-order valence-electron chi connectivity index (χ3n) is 8.81. The molecule has 1 aliphatic rings. The van der Waals surface area contributed by atoms with Crippen molar-refractivity contribution < 1.29 is 19.3 Å². The van der Waals surface area contributed by atoms with E-state index in [1.807, 2.05) is 24.3 Å². The molecule has 0 spiro atoms. The quantitative estimate of drug-likeness (QED) is 0.101. The zero-order valence-corrected chi connectivity index (χ0v) is 28.7. The summed E-state index contributed by atoms with van der Waals surface area (Å²) in [5.74, 6) is 2.93. The van der Waals surface area contributed by atoms with Gasteiger partial charge in [-0.25, -0.2) is 15.0 Å². The van der Waals surface area contributed by atoms with Crippen LogP contribution in [0, 0.1) is 13.8 Å². The summed E-state index contributed by atoms with van der Waals surface area (Å²) in [6, 6.07) is 16.2. The molecule has 6 rings (SSSR count). The van der Waals surface area contributed by atoms with E-state index in [4.69, 9.17) is 25.8 Å². The zero-order chi connectivity index (χ0) is 34.0. The van der Waals surface area contributed by atoms with E-state index < -0.39 is 0 Å². The number of imidazole rings is 1. The van der Waals surface area contributed by atoms with Crippen molar-refractivity contribution in [2.24, 2.45) is 0 Å². The van der Waals surface area contributed by atoms with Gasteiger partial charge in [0.2, 0.25) is 0 Å². The second-order valence-electron chi connectivity index (χ2n) is 12.3. The summed E-state index contributed by atoms with van der Waals surface area (Å²) >= 11 is 6.79. The van der Waals surface area contributed by atoms with Gasteiger partial charge in [0.05, 0.1) is 24.3 Å². The fourth-order valence-electron chi connectivity index (χ4n) is 6.07. The van der Waals surface area contributed by atoms with Crippen LogP contribution < -0.4 is 19.5 Å². The van der Waals surface area contributed by atoms with E-state index in [0.717, 1.165) is 83.0 Å². The molecule has 3 heterocycles. The number of aromatic amines is 1. The standard InChI is InChI=1S/C38H43ClN6O4/c1-26-29(6-3-7-32(26)33-8-4-9-35(27(33)2)47-15-5-13-45-14-10-31(46)22-45)24-49-37-17-36(48-23-28-18-41-25-42-19-28)30(16-34(37)39)20-40-21-38-43-11-12-44-38/h3-4,6-9,11-12,16-19,25,31,40,46H,5,10,13-15,20-24H2,1-2H3,(H,43,44)/t31-/m1/s1. The summed E-state index contributed by atoms with van der Waals surface area (Å²) in [6.45, 7) is 9.24. The van der Waals surface area contributed by atoms with Gasteiger partial charge in [-0.2, -0.15) is 0 Å². The zero-order valence-electron chi connectivity index (χ0n) is 28.0. The van der Waals surface area contributed by atoms with Crippen molar-refractivity contribution in [2.75, 3.05) is 26.2 Å². The van der Waals surface area contributed by atoms with E-state index in [0.29, 0.717) is 49.4 Å². The van der Waals surface area contributed by atoms with Gasteiger partial charge in [-0.05, 0) is 66.6 Å². The van der Waals surface area contributed by atoms with Gasteiger partial charge in [0.25, 0.3) is 0 Å². The van der Waals surface area contributed by atoms with Gasteiger partial charge >= 0.3 is 0 Å². The normalized spacial score (nSPS) is 14.7. The Bertz CT molecular complexity index is 1800. The molecule has 3 N–H and O–H groups in total. The molecule has 1 fully saturated rings. The molecule has 0 radical (unpaired) electrons. The summed E-state index contributed by atoms with van der Waals surface area (Å²) < 4.78 is 18.8. The number of halogens is 1. The lowest BCUT2D eigenvalue weighted by atomic mass is 9.93. The monoisotopic (exact) mass is 682 g/mol. The topological polar surface area (TPSA) is 118 Å². The second-order valence-corrected chi connectivity index (χ2v) is 12.7. The van der Waals surface area contributed by atoms with E-state index in [-0.39, 0.29) is 6.10 Å². The Kier molecular flexibility index (Phi) is 11.8. The van der Waals surface area contributed by atoms with Gasteiger partial charge in [0.15, 0.2) is 0 Å². The number of likely N-dealkylation sites (tertiary alicyclic amines) is 1. The van der Waals surface area contributed by atoms with E-state index >= 15 is 0 Å². The highest BCUT2D eigenvalue weighted by atomic mass is 35.5. The van der Waals surface area contributed by atoms with Crippen LogP contribution in [0.4, 0.5) is 0 Å². The molecular formula is C38H43ClN6O4. The Balaban J connectivity index is 1.13. The number of aliphatic hydroxyl groups excluding tert-OH is 1. The SMILES string of the molecule is Cc1c(COc2cc(OCc3cncnc3)c(CNCc3ncc[nH]3)cc2Cl)cccc1-c1cccc(OCCCN2CC[C@@H](O)C2)c1C. The molecule has 256 valence electrons. The van der Waals surface area contributed by atoms with Gasteiger partial charge in [-0.3, -0.25) is 0 Å². The first-order chi connectivity index (χ1) is 23.9. The van der Waals surface area contributed by atoms with Crippen molar-refractivity contribution >= 4 is 11.6 Å². The first-order valence-electron chi connectivity index (χ1n) is 16.7. The maximum Gasteiger partial charge on any atom is 0.142 e. The van der Waals surface area contributed by atoms with Crippen LogP contribution in [0.15, 0.2) is 79.6 Å². The summed E-state index contributed by atoms with van der Waals surface area (Å²) in [5.41, 5.74) is 7.30. The first-order valence-corrected chi connectivity index (χ1v) is 17.0. The summed E-state index contributed by atoms with van der Waals surface area (Å²) in [5, 5.41) is 13.7. The van der Waals surface area contributed by atoms with Gasteiger partial charge in [0, 0.05) is 68.2 Å². The number of rotatable bonds is 16. The molecule has 2 aromatic heterocycles. The predicted molar refractivity (Wildman–Crippen MR) is 190 cm³/mol. The molecular weight excluding hydrogens is 640 g/mol. The van der Waals surface area contributed by atoms with Crippen LogP contribution in [-0.2, 0) is 26.3 Å². The van der Waals surface area contributed by atoms with Crippen LogP contribution in [-0.4, -0.2) is 62.3 Å². The van der Waals surface area contributed by atoms with E-state index in [9.17, 15) is 5.11 Å². The van der Waals surface area contributed by atoms with Gasteiger partial charge in [0.1, 0.15) is 42.6 Å². The highest BCUT2D eigenvalue weighted by Gasteiger charge is 2.19. The van der Waals surface area contributed by atoms with Gasteiger partial charge in [-0.15, -0.1) is 0 Å². The lowest BCUT2D eigenvalue weighted by Gasteiger charge is -2.18. The largest absolute Gasteiger partial charge is 0.493 e. The molecule has 49 heavy (non-hydrogen) atoms.